The van der Waals surface area contributed by atoms with Gasteiger partial charge in [-0.1, -0.05) is 12.1 Å². The summed E-state index contributed by atoms with van der Waals surface area (Å²) in [6, 6.07) is 9.43. The second-order valence-electron chi connectivity index (χ2n) is 4.99. The summed E-state index contributed by atoms with van der Waals surface area (Å²) < 4.78 is 4.69. The number of hydrogen-bond acceptors (Lipinski definition) is 4. The van der Waals surface area contributed by atoms with Crippen molar-refractivity contribution in [2.75, 3.05) is 14.2 Å². The molecule has 24 heavy (non-hydrogen) atoms. The second-order valence-corrected chi connectivity index (χ2v) is 6.00. The van der Waals surface area contributed by atoms with E-state index in [1.165, 1.54) is 17.6 Å². The molecule has 0 saturated heterocycles. The molecule has 0 spiro atoms. The highest BCUT2D eigenvalue weighted by molar-refractivity contribution is 14.0. The summed E-state index contributed by atoms with van der Waals surface area (Å²) in [7, 11) is 3.12. The molecule has 0 aliphatic rings. The highest BCUT2D eigenvalue weighted by Gasteiger charge is 2.05. The van der Waals surface area contributed by atoms with E-state index >= 15 is 0 Å². The van der Waals surface area contributed by atoms with Crippen molar-refractivity contribution in [2.45, 2.75) is 20.0 Å². The van der Waals surface area contributed by atoms with Gasteiger partial charge in [0.1, 0.15) is 0 Å². The van der Waals surface area contributed by atoms with Crippen molar-refractivity contribution in [3.8, 4) is 0 Å². The van der Waals surface area contributed by atoms with E-state index in [-0.39, 0.29) is 29.9 Å². The number of aliphatic imine (C=N–C) groups is 1. The van der Waals surface area contributed by atoms with E-state index in [1.54, 1.807) is 30.5 Å². The van der Waals surface area contributed by atoms with Crippen LogP contribution in [0.1, 0.15) is 26.4 Å². The van der Waals surface area contributed by atoms with Gasteiger partial charge in [0, 0.05) is 18.5 Å². The zero-order chi connectivity index (χ0) is 16.7. The molecular formula is C17H22IN3O2S. The largest absolute Gasteiger partial charge is 0.465 e. The molecule has 0 aliphatic heterocycles. The maximum absolute atomic E-state index is 11.4. The summed E-state index contributed by atoms with van der Waals surface area (Å²) >= 11 is 1.73. The molecule has 0 atom stereocenters. The van der Waals surface area contributed by atoms with Gasteiger partial charge in [0.15, 0.2) is 5.96 Å². The lowest BCUT2D eigenvalue weighted by Crippen LogP contribution is -2.36. The summed E-state index contributed by atoms with van der Waals surface area (Å²) in [6.45, 7) is 3.49. The van der Waals surface area contributed by atoms with Crippen molar-refractivity contribution >= 4 is 47.2 Å². The first-order chi connectivity index (χ1) is 11.1. The highest BCUT2D eigenvalue weighted by Crippen LogP contribution is 2.14. The van der Waals surface area contributed by atoms with Crippen molar-refractivity contribution in [1.82, 2.24) is 10.6 Å². The van der Waals surface area contributed by atoms with E-state index in [4.69, 9.17) is 0 Å². The fraction of sp³-hybridized carbons (Fsp3) is 0.294. The molecule has 1 heterocycles. The Bertz CT molecular complexity index is 683. The van der Waals surface area contributed by atoms with E-state index in [1.807, 2.05) is 12.1 Å². The van der Waals surface area contributed by atoms with Gasteiger partial charge in [-0.25, -0.2) is 4.79 Å². The van der Waals surface area contributed by atoms with Gasteiger partial charge in [0.05, 0.1) is 19.2 Å². The molecule has 0 bridgehead atoms. The van der Waals surface area contributed by atoms with Crippen molar-refractivity contribution in [3.05, 3.63) is 57.3 Å². The number of hydrogen-bond donors (Lipinski definition) is 2. The lowest BCUT2D eigenvalue weighted by Gasteiger charge is -2.12. The Labute approximate surface area is 163 Å². The standard InChI is InChI=1S/C17H21N3O2S.HI/c1-12-8-9-23-15(12)11-20-17(18-2)19-10-13-4-6-14(7-5-13)16(21)22-3;/h4-9H,10-11H2,1-3H3,(H2,18,19,20);1H. The average Bonchev–Trinajstić information content (AvgIpc) is 3.00. The van der Waals surface area contributed by atoms with E-state index in [0.29, 0.717) is 12.1 Å². The number of esters is 1. The van der Waals surface area contributed by atoms with Crippen LogP contribution in [0.3, 0.4) is 0 Å². The van der Waals surface area contributed by atoms with Crippen LogP contribution in [-0.4, -0.2) is 26.1 Å². The first-order valence-electron chi connectivity index (χ1n) is 7.28. The van der Waals surface area contributed by atoms with Crippen molar-refractivity contribution in [3.63, 3.8) is 0 Å². The number of methoxy groups -OCH3 is 1. The number of benzene rings is 1. The topological polar surface area (TPSA) is 62.7 Å². The van der Waals surface area contributed by atoms with E-state index in [9.17, 15) is 4.79 Å². The predicted molar refractivity (Wildman–Crippen MR) is 109 cm³/mol. The van der Waals surface area contributed by atoms with Crippen LogP contribution in [0.2, 0.25) is 0 Å². The number of carbonyl (C=O) groups is 1. The number of aryl methyl sites for hydroxylation is 1. The molecule has 1 aromatic carbocycles. The monoisotopic (exact) mass is 459 g/mol. The fourth-order valence-electron chi connectivity index (χ4n) is 2.03. The number of rotatable bonds is 5. The fourth-order valence-corrected chi connectivity index (χ4v) is 2.88. The maximum atomic E-state index is 11.4. The minimum absolute atomic E-state index is 0. The molecule has 0 saturated carbocycles. The molecule has 2 aromatic rings. The minimum atomic E-state index is -0.326. The molecular weight excluding hydrogens is 437 g/mol. The van der Waals surface area contributed by atoms with Crippen molar-refractivity contribution in [1.29, 1.82) is 0 Å². The number of carbonyl (C=O) groups excluding carboxylic acids is 1. The molecule has 1 aromatic heterocycles. The van der Waals surface area contributed by atoms with Crippen LogP contribution in [-0.2, 0) is 17.8 Å². The van der Waals surface area contributed by atoms with Crippen LogP contribution in [0.4, 0.5) is 0 Å². The summed E-state index contributed by atoms with van der Waals surface area (Å²) in [5.74, 6) is 0.420. The van der Waals surface area contributed by atoms with Crippen LogP contribution in [0, 0.1) is 6.92 Å². The Kier molecular flexibility index (Phi) is 8.77. The number of thiophene rings is 1. The van der Waals surface area contributed by atoms with Gasteiger partial charge in [0.2, 0.25) is 0 Å². The van der Waals surface area contributed by atoms with Crippen molar-refractivity contribution in [2.24, 2.45) is 4.99 Å². The van der Waals surface area contributed by atoms with E-state index in [0.717, 1.165) is 18.1 Å². The van der Waals surface area contributed by atoms with Gasteiger partial charge < -0.3 is 15.4 Å². The number of halogens is 1. The zero-order valence-corrected chi connectivity index (χ0v) is 17.1. The Balaban J connectivity index is 0.00000288. The van der Waals surface area contributed by atoms with Gasteiger partial charge in [-0.2, -0.15) is 0 Å². The average molecular weight is 459 g/mol. The minimum Gasteiger partial charge on any atom is -0.465 e. The number of nitrogens with zero attached hydrogens (tertiary/aromatic N) is 1. The molecule has 0 aliphatic carbocycles. The summed E-state index contributed by atoms with van der Waals surface area (Å²) in [5, 5.41) is 8.64. The molecule has 0 fully saturated rings. The lowest BCUT2D eigenvalue weighted by molar-refractivity contribution is 0.0600. The van der Waals surface area contributed by atoms with Crippen LogP contribution in [0.15, 0.2) is 40.7 Å². The van der Waals surface area contributed by atoms with E-state index < -0.39 is 0 Å². The summed E-state index contributed by atoms with van der Waals surface area (Å²) in [5.41, 5.74) is 2.90. The smallest absolute Gasteiger partial charge is 0.337 e. The predicted octanol–water partition coefficient (Wildman–Crippen LogP) is 3.33. The molecule has 0 unspecified atom stereocenters. The van der Waals surface area contributed by atoms with E-state index in [2.05, 4.69) is 38.7 Å². The summed E-state index contributed by atoms with van der Waals surface area (Å²) in [6.07, 6.45) is 0. The first kappa shape index (κ1) is 20.4. The van der Waals surface area contributed by atoms with Crippen LogP contribution >= 0.6 is 35.3 Å². The molecule has 2 rings (SSSR count). The number of ether oxygens (including phenoxy) is 1. The maximum Gasteiger partial charge on any atom is 0.337 e. The van der Waals surface area contributed by atoms with Gasteiger partial charge >= 0.3 is 5.97 Å². The molecule has 2 N–H and O–H groups in total. The second kappa shape index (κ2) is 10.3. The lowest BCUT2D eigenvalue weighted by atomic mass is 10.1. The van der Waals surface area contributed by atoms with Crippen LogP contribution < -0.4 is 10.6 Å². The SMILES string of the molecule is CN=C(NCc1ccc(C(=O)OC)cc1)NCc1sccc1C.I. The Morgan fingerprint density at radius 2 is 1.83 bits per heavy atom. The number of nitrogens with one attached hydrogen (secondary N) is 2. The quantitative estimate of drug-likeness (QED) is 0.312. The highest BCUT2D eigenvalue weighted by atomic mass is 127. The van der Waals surface area contributed by atoms with Crippen molar-refractivity contribution < 1.29 is 9.53 Å². The first-order valence-corrected chi connectivity index (χ1v) is 8.16. The third kappa shape index (κ3) is 5.79. The van der Waals surface area contributed by atoms with Gasteiger partial charge in [0.25, 0.3) is 0 Å². The molecule has 0 radical (unpaired) electrons. The summed E-state index contributed by atoms with van der Waals surface area (Å²) in [4.78, 5) is 16.9. The molecule has 0 amide bonds. The van der Waals surface area contributed by atoms with Crippen LogP contribution in [0.5, 0.6) is 0 Å². The third-order valence-electron chi connectivity index (χ3n) is 3.44. The van der Waals surface area contributed by atoms with Gasteiger partial charge in [-0.05, 0) is 41.6 Å². The molecule has 130 valence electrons. The molecule has 5 nitrogen and oxygen atoms in total. The Hall–Kier alpha value is -1.61. The normalized spacial score (nSPS) is 10.7. The zero-order valence-electron chi connectivity index (χ0n) is 14.0. The molecule has 7 heteroatoms. The van der Waals surface area contributed by atoms with Gasteiger partial charge in [-0.3, -0.25) is 4.99 Å². The Morgan fingerprint density at radius 3 is 2.38 bits per heavy atom. The Morgan fingerprint density at radius 1 is 1.17 bits per heavy atom. The number of guanidine groups is 1. The van der Waals surface area contributed by atoms with Crippen LogP contribution in [0.25, 0.3) is 0 Å². The third-order valence-corrected chi connectivity index (χ3v) is 4.47. The van der Waals surface area contributed by atoms with Gasteiger partial charge in [-0.15, -0.1) is 35.3 Å².